The van der Waals surface area contributed by atoms with Gasteiger partial charge < -0.3 is 5.11 Å². The number of alkyl halides is 1. The molecule has 0 aromatic rings. The smallest absolute Gasteiger partial charge is 0.304 e. The molecule has 58 valence electrons. The first-order chi connectivity index (χ1) is 4.57. The van der Waals surface area contributed by atoms with Crippen molar-refractivity contribution in [2.75, 3.05) is 0 Å². The minimum absolute atomic E-state index is 0.0672. The van der Waals surface area contributed by atoms with E-state index in [9.17, 15) is 9.59 Å². The second-order valence-electron chi connectivity index (χ2n) is 1.89. The van der Waals surface area contributed by atoms with Gasteiger partial charge in [0.2, 0.25) is 0 Å². The van der Waals surface area contributed by atoms with Crippen LogP contribution in [0.1, 0.15) is 19.8 Å². The molecule has 0 aromatic carbocycles. The van der Waals surface area contributed by atoms with Gasteiger partial charge in [0.25, 0.3) is 0 Å². The Morgan fingerprint density at radius 2 is 2.10 bits per heavy atom. The van der Waals surface area contributed by atoms with Crippen molar-refractivity contribution in [1.29, 1.82) is 0 Å². The standard InChI is InChI=1S/C6H9BrO3/c1-2-5(8)4(7)3-6(9)10/h4H,2-3H2,1H3,(H,9,10). The maximum atomic E-state index is 10.7. The summed E-state index contributed by atoms with van der Waals surface area (Å²) in [6.07, 6.45) is 0.246. The van der Waals surface area contributed by atoms with Gasteiger partial charge in [0.1, 0.15) is 5.78 Å². The van der Waals surface area contributed by atoms with Crippen molar-refractivity contribution in [3.8, 4) is 0 Å². The van der Waals surface area contributed by atoms with Gasteiger partial charge in [0.05, 0.1) is 11.2 Å². The van der Waals surface area contributed by atoms with E-state index in [2.05, 4.69) is 15.9 Å². The quantitative estimate of drug-likeness (QED) is 0.707. The van der Waals surface area contributed by atoms with Crippen LogP contribution < -0.4 is 0 Å². The molecule has 1 unspecified atom stereocenters. The molecule has 0 aliphatic carbocycles. The molecule has 0 heterocycles. The summed E-state index contributed by atoms with van der Waals surface area (Å²) in [7, 11) is 0. The first-order valence-corrected chi connectivity index (χ1v) is 3.88. The minimum atomic E-state index is -0.955. The number of aliphatic carboxylic acids is 1. The van der Waals surface area contributed by atoms with Crippen molar-refractivity contribution in [2.24, 2.45) is 0 Å². The maximum Gasteiger partial charge on any atom is 0.304 e. The highest BCUT2D eigenvalue weighted by Crippen LogP contribution is 2.07. The lowest BCUT2D eigenvalue weighted by Gasteiger charge is -2.01. The molecular weight excluding hydrogens is 200 g/mol. The lowest BCUT2D eigenvalue weighted by atomic mass is 10.2. The van der Waals surface area contributed by atoms with E-state index in [1.54, 1.807) is 6.92 Å². The van der Waals surface area contributed by atoms with Gasteiger partial charge in [-0.25, -0.2) is 0 Å². The minimum Gasteiger partial charge on any atom is -0.481 e. The molecule has 0 bridgehead atoms. The molecule has 0 aliphatic rings. The Morgan fingerprint density at radius 1 is 1.60 bits per heavy atom. The highest BCUT2D eigenvalue weighted by molar-refractivity contribution is 9.10. The zero-order valence-corrected chi connectivity index (χ0v) is 7.22. The number of carbonyl (C=O) groups is 2. The van der Waals surface area contributed by atoms with Gasteiger partial charge in [0, 0.05) is 6.42 Å². The molecule has 0 aliphatic heterocycles. The van der Waals surface area contributed by atoms with E-state index in [-0.39, 0.29) is 12.2 Å². The largest absolute Gasteiger partial charge is 0.481 e. The Kier molecular flexibility index (Phi) is 4.27. The highest BCUT2D eigenvalue weighted by Gasteiger charge is 2.15. The third kappa shape index (κ3) is 3.61. The van der Waals surface area contributed by atoms with E-state index in [0.29, 0.717) is 6.42 Å². The number of rotatable bonds is 4. The molecule has 0 saturated heterocycles. The monoisotopic (exact) mass is 208 g/mol. The van der Waals surface area contributed by atoms with Crippen LogP contribution in [0.25, 0.3) is 0 Å². The summed E-state index contributed by atoms with van der Waals surface area (Å²) >= 11 is 2.97. The summed E-state index contributed by atoms with van der Waals surface area (Å²) in [5, 5.41) is 8.25. The lowest BCUT2D eigenvalue weighted by Crippen LogP contribution is -2.16. The number of carboxylic acids is 1. The van der Waals surface area contributed by atoms with Gasteiger partial charge in [-0.1, -0.05) is 22.9 Å². The SMILES string of the molecule is CCC(=O)C(Br)CC(=O)O. The molecule has 1 N–H and O–H groups in total. The van der Waals surface area contributed by atoms with Crippen molar-refractivity contribution in [3.63, 3.8) is 0 Å². The molecule has 0 spiro atoms. The van der Waals surface area contributed by atoms with E-state index in [1.807, 2.05) is 0 Å². The van der Waals surface area contributed by atoms with E-state index in [1.165, 1.54) is 0 Å². The topological polar surface area (TPSA) is 54.4 Å². The predicted octanol–water partition coefficient (Wildman–Crippen LogP) is 1.20. The lowest BCUT2D eigenvalue weighted by molar-refractivity contribution is -0.138. The summed E-state index contributed by atoms with van der Waals surface area (Å²) in [5.74, 6) is -1.02. The first kappa shape index (κ1) is 9.62. The van der Waals surface area contributed by atoms with Crippen molar-refractivity contribution < 1.29 is 14.7 Å². The summed E-state index contributed by atoms with van der Waals surface area (Å²) in [6, 6.07) is 0. The normalized spacial score (nSPS) is 12.6. The van der Waals surface area contributed by atoms with Crippen LogP contribution in [-0.4, -0.2) is 21.7 Å². The fourth-order valence-electron chi connectivity index (χ4n) is 0.489. The van der Waals surface area contributed by atoms with Gasteiger partial charge >= 0.3 is 5.97 Å². The number of carbonyl (C=O) groups excluding carboxylic acids is 1. The zero-order chi connectivity index (χ0) is 8.15. The summed E-state index contributed by atoms with van der Waals surface area (Å²) < 4.78 is 0. The Bertz CT molecular complexity index is 144. The molecular formula is C6H9BrO3. The second-order valence-corrected chi connectivity index (χ2v) is 2.99. The maximum absolute atomic E-state index is 10.7. The van der Waals surface area contributed by atoms with Crippen molar-refractivity contribution in [1.82, 2.24) is 0 Å². The van der Waals surface area contributed by atoms with E-state index < -0.39 is 10.8 Å². The van der Waals surface area contributed by atoms with Gasteiger partial charge in [-0.15, -0.1) is 0 Å². The average molecular weight is 209 g/mol. The van der Waals surface area contributed by atoms with Crippen molar-refractivity contribution >= 4 is 27.7 Å². The van der Waals surface area contributed by atoms with Crippen LogP contribution in [-0.2, 0) is 9.59 Å². The number of ketones is 1. The first-order valence-electron chi connectivity index (χ1n) is 2.96. The zero-order valence-electron chi connectivity index (χ0n) is 5.63. The number of hydrogen-bond acceptors (Lipinski definition) is 2. The highest BCUT2D eigenvalue weighted by atomic mass is 79.9. The van der Waals surface area contributed by atoms with Gasteiger partial charge in [-0.05, 0) is 0 Å². The third-order valence-corrected chi connectivity index (χ3v) is 1.89. The molecule has 0 rings (SSSR count). The average Bonchev–Trinajstić information content (AvgIpc) is 1.85. The Morgan fingerprint density at radius 3 is 2.40 bits per heavy atom. The molecule has 3 nitrogen and oxygen atoms in total. The second kappa shape index (κ2) is 4.44. The molecule has 0 fully saturated rings. The summed E-state index contributed by atoms with van der Waals surface area (Å²) in [6.45, 7) is 1.71. The summed E-state index contributed by atoms with van der Waals surface area (Å²) in [5.41, 5.74) is 0. The molecule has 1 atom stereocenters. The van der Waals surface area contributed by atoms with Crippen molar-refractivity contribution in [3.05, 3.63) is 0 Å². The van der Waals surface area contributed by atoms with Crippen LogP contribution in [0.15, 0.2) is 0 Å². The van der Waals surface area contributed by atoms with Gasteiger partial charge in [-0.3, -0.25) is 9.59 Å². The van der Waals surface area contributed by atoms with E-state index in [4.69, 9.17) is 5.11 Å². The third-order valence-electron chi connectivity index (χ3n) is 1.05. The molecule has 0 aromatic heterocycles. The summed E-state index contributed by atoms with van der Waals surface area (Å²) in [4.78, 5) is 20.3. The van der Waals surface area contributed by atoms with Crippen molar-refractivity contribution in [2.45, 2.75) is 24.6 Å². The number of carboxylic acid groups (broad SMARTS) is 1. The molecule has 0 amide bonds. The molecule has 0 radical (unpaired) electrons. The van der Waals surface area contributed by atoms with Crippen LogP contribution in [0.2, 0.25) is 0 Å². The fraction of sp³-hybridized carbons (Fsp3) is 0.667. The van der Waals surface area contributed by atoms with Crippen LogP contribution in [0, 0.1) is 0 Å². The Hall–Kier alpha value is -0.380. The number of hydrogen-bond donors (Lipinski definition) is 1. The van der Waals surface area contributed by atoms with Crippen LogP contribution in [0.3, 0.4) is 0 Å². The van der Waals surface area contributed by atoms with E-state index in [0.717, 1.165) is 0 Å². The Balaban J connectivity index is 3.72. The number of halogens is 1. The fourth-order valence-corrected chi connectivity index (χ4v) is 1.09. The Labute approximate surface area is 67.5 Å². The molecule has 0 saturated carbocycles. The van der Waals surface area contributed by atoms with Gasteiger partial charge in [-0.2, -0.15) is 0 Å². The predicted molar refractivity (Wildman–Crippen MR) is 40.3 cm³/mol. The molecule has 4 heteroatoms. The van der Waals surface area contributed by atoms with Crippen LogP contribution >= 0.6 is 15.9 Å². The van der Waals surface area contributed by atoms with Crippen LogP contribution in [0.5, 0.6) is 0 Å². The van der Waals surface area contributed by atoms with Crippen LogP contribution in [0.4, 0.5) is 0 Å². The van der Waals surface area contributed by atoms with Gasteiger partial charge in [0.15, 0.2) is 0 Å². The number of Topliss-reactive ketones (excluding diaryl/α,β-unsaturated/α-hetero) is 1. The van der Waals surface area contributed by atoms with E-state index >= 15 is 0 Å². The molecule has 10 heavy (non-hydrogen) atoms.